The molecule has 0 aromatic heterocycles. The molecular formula is C34H70O6. The topological polar surface area (TPSA) is 55.4 Å². The fourth-order valence-corrected chi connectivity index (χ4v) is 4.48. The van der Waals surface area contributed by atoms with Crippen molar-refractivity contribution in [1.82, 2.24) is 0 Å². The minimum atomic E-state index is -1.53. The van der Waals surface area contributed by atoms with Gasteiger partial charge in [0.05, 0.1) is 39.1 Å². The molecule has 0 radical (unpaired) electrons. The van der Waals surface area contributed by atoms with Crippen LogP contribution in [-0.4, -0.2) is 57.0 Å². The van der Waals surface area contributed by atoms with Crippen molar-refractivity contribution < 1.29 is 28.4 Å². The SMILES string of the molecule is CCCCCCOC(OCCCCC)(OCCC(C)C)C(OCCCC)(OCC(C)C)C(CCCC)OC(C)C. The van der Waals surface area contributed by atoms with E-state index in [1.807, 2.05) is 0 Å². The van der Waals surface area contributed by atoms with Crippen LogP contribution >= 0.6 is 0 Å². The van der Waals surface area contributed by atoms with Gasteiger partial charge < -0.3 is 28.4 Å². The Hall–Kier alpha value is -0.240. The van der Waals surface area contributed by atoms with E-state index in [2.05, 4.69) is 69.2 Å². The molecule has 3 unspecified atom stereocenters. The fraction of sp³-hybridized carbons (Fsp3) is 1.00. The van der Waals surface area contributed by atoms with Crippen LogP contribution in [0.15, 0.2) is 0 Å². The molecule has 0 bridgehead atoms. The van der Waals surface area contributed by atoms with E-state index in [1.165, 1.54) is 12.8 Å². The van der Waals surface area contributed by atoms with Crippen LogP contribution in [0.25, 0.3) is 0 Å². The molecule has 0 aliphatic rings. The lowest BCUT2D eigenvalue weighted by atomic mass is 9.99. The van der Waals surface area contributed by atoms with Gasteiger partial charge in [0.15, 0.2) is 0 Å². The molecule has 6 nitrogen and oxygen atoms in total. The molecule has 40 heavy (non-hydrogen) atoms. The number of rotatable bonds is 29. The summed E-state index contributed by atoms with van der Waals surface area (Å²) >= 11 is 0. The number of hydrogen-bond donors (Lipinski definition) is 0. The van der Waals surface area contributed by atoms with Crippen molar-refractivity contribution in [2.24, 2.45) is 11.8 Å². The molecule has 0 heterocycles. The zero-order valence-electron chi connectivity index (χ0n) is 28.5. The summed E-state index contributed by atoms with van der Waals surface area (Å²) < 4.78 is 41.0. The minimum absolute atomic E-state index is 0.0170. The number of hydrogen-bond acceptors (Lipinski definition) is 6. The van der Waals surface area contributed by atoms with E-state index in [0.29, 0.717) is 39.0 Å². The zero-order valence-corrected chi connectivity index (χ0v) is 28.5. The maximum Gasteiger partial charge on any atom is 0.343 e. The Labute approximate surface area is 249 Å². The highest BCUT2D eigenvalue weighted by Crippen LogP contribution is 2.42. The number of ether oxygens (including phenoxy) is 6. The normalized spacial score (nSPS) is 16.1. The first-order valence-electron chi connectivity index (χ1n) is 17.0. The molecule has 0 saturated carbocycles. The van der Waals surface area contributed by atoms with Gasteiger partial charge in [-0.05, 0) is 57.8 Å². The maximum absolute atomic E-state index is 6.93. The van der Waals surface area contributed by atoms with Gasteiger partial charge in [-0.3, -0.25) is 0 Å². The molecule has 0 aliphatic heterocycles. The van der Waals surface area contributed by atoms with Crippen molar-refractivity contribution in [3.8, 4) is 0 Å². The molecule has 0 fully saturated rings. The van der Waals surface area contributed by atoms with Crippen LogP contribution in [0.4, 0.5) is 0 Å². The van der Waals surface area contributed by atoms with Crippen molar-refractivity contribution in [1.29, 1.82) is 0 Å². The predicted octanol–water partition coefficient (Wildman–Crippen LogP) is 9.68. The van der Waals surface area contributed by atoms with Crippen LogP contribution in [0.3, 0.4) is 0 Å². The van der Waals surface area contributed by atoms with Crippen molar-refractivity contribution in [3.05, 3.63) is 0 Å². The lowest BCUT2D eigenvalue weighted by Gasteiger charge is -2.51. The Bertz CT molecular complexity index is 555. The Morgan fingerprint density at radius 1 is 0.475 bits per heavy atom. The summed E-state index contributed by atoms with van der Waals surface area (Å²) in [6.07, 6.45) is 12.7. The number of unbranched alkanes of at least 4 members (excludes halogenated alkanes) is 7. The Balaban J connectivity index is 6.99. The van der Waals surface area contributed by atoms with Gasteiger partial charge >= 0.3 is 5.97 Å². The molecule has 0 amide bonds. The summed E-state index contributed by atoms with van der Waals surface area (Å²) in [5, 5.41) is 0. The van der Waals surface area contributed by atoms with Crippen molar-refractivity contribution in [2.45, 2.75) is 177 Å². The van der Waals surface area contributed by atoms with Gasteiger partial charge in [0.25, 0.3) is 5.79 Å². The van der Waals surface area contributed by atoms with E-state index in [9.17, 15) is 0 Å². The highest BCUT2D eigenvalue weighted by atomic mass is 16.9. The van der Waals surface area contributed by atoms with E-state index < -0.39 is 17.9 Å². The fourth-order valence-electron chi connectivity index (χ4n) is 4.48. The van der Waals surface area contributed by atoms with Crippen LogP contribution in [0.2, 0.25) is 0 Å². The highest BCUT2D eigenvalue weighted by molar-refractivity contribution is 4.92. The van der Waals surface area contributed by atoms with Crippen LogP contribution < -0.4 is 0 Å². The average molecular weight is 575 g/mol. The summed E-state index contributed by atoms with van der Waals surface area (Å²) in [4.78, 5) is 0. The van der Waals surface area contributed by atoms with Gasteiger partial charge in [-0.2, -0.15) is 0 Å². The Kier molecular flexibility index (Phi) is 24.1. The van der Waals surface area contributed by atoms with Crippen molar-refractivity contribution in [2.75, 3.05) is 33.0 Å². The monoisotopic (exact) mass is 575 g/mol. The second-order valence-corrected chi connectivity index (χ2v) is 12.4. The smallest absolute Gasteiger partial charge is 0.343 e. The van der Waals surface area contributed by atoms with Crippen LogP contribution in [-0.2, 0) is 28.4 Å². The molecule has 0 aliphatic carbocycles. The maximum atomic E-state index is 6.93. The van der Waals surface area contributed by atoms with E-state index in [1.54, 1.807) is 0 Å². The third-order valence-corrected chi connectivity index (χ3v) is 6.87. The molecule has 0 saturated heterocycles. The van der Waals surface area contributed by atoms with Gasteiger partial charge in [0, 0.05) is 0 Å². The van der Waals surface area contributed by atoms with Gasteiger partial charge in [0.2, 0.25) is 0 Å². The molecule has 0 spiro atoms. The molecule has 242 valence electrons. The van der Waals surface area contributed by atoms with Crippen molar-refractivity contribution >= 4 is 0 Å². The lowest BCUT2D eigenvalue weighted by Crippen LogP contribution is -2.69. The molecule has 0 aromatic carbocycles. The first kappa shape index (κ1) is 39.8. The summed E-state index contributed by atoms with van der Waals surface area (Å²) in [6.45, 7) is 24.3. The summed E-state index contributed by atoms with van der Waals surface area (Å²) in [6, 6.07) is 0. The second kappa shape index (κ2) is 24.2. The predicted molar refractivity (Wildman–Crippen MR) is 168 cm³/mol. The van der Waals surface area contributed by atoms with E-state index >= 15 is 0 Å². The molecular weight excluding hydrogens is 504 g/mol. The van der Waals surface area contributed by atoms with Gasteiger partial charge in [0.1, 0.15) is 6.10 Å². The lowest BCUT2D eigenvalue weighted by molar-refractivity contribution is -0.516. The van der Waals surface area contributed by atoms with Crippen molar-refractivity contribution in [3.63, 3.8) is 0 Å². The summed E-state index contributed by atoms with van der Waals surface area (Å²) in [5.41, 5.74) is 0. The third kappa shape index (κ3) is 15.8. The summed E-state index contributed by atoms with van der Waals surface area (Å²) in [5.74, 6) is -2.12. The van der Waals surface area contributed by atoms with E-state index in [-0.39, 0.29) is 12.0 Å². The van der Waals surface area contributed by atoms with Gasteiger partial charge in [-0.15, -0.1) is 0 Å². The van der Waals surface area contributed by atoms with Gasteiger partial charge in [-0.1, -0.05) is 107 Å². The first-order chi connectivity index (χ1) is 19.1. The van der Waals surface area contributed by atoms with Gasteiger partial charge in [-0.25, -0.2) is 0 Å². The standard InChI is InChI=1S/C34H70O6/c1-11-15-19-21-26-37-34(36-25-20-16-12-2,38-27-23-29(5)6)33(35-24-18-14-4,39-28-30(7)8)32(22-17-13-3)40-31(9)10/h29-32H,11-28H2,1-10H3. The molecule has 0 rings (SSSR count). The Morgan fingerprint density at radius 3 is 1.52 bits per heavy atom. The average Bonchev–Trinajstić information content (AvgIpc) is 2.90. The van der Waals surface area contributed by atoms with E-state index in [0.717, 1.165) is 70.6 Å². The molecule has 0 aromatic rings. The largest absolute Gasteiger partial charge is 0.370 e. The second-order valence-electron chi connectivity index (χ2n) is 12.4. The summed E-state index contributed by atoms with van der Waals surface area (Å²) in [7, 11) is 0. The quantitative estimate of drug-likeness (QED) is 0.0655. The zero-order chi connectivity index (χ0) is 30.3. The first-order valence-corrected chi connectivity index (χ1v) is 17.0. The van der Waals surface area contributed by atoms with Crippen LogP contribution in [0.1, 0.15) is 153 Å². The van der Waals surface area contributed by atoms with E-state index in [4.69, 9.17) is 28.4 Å². The van der Waals surface area contributed by atoms with Crippen LogP contribution in [0, 0.1) is 11.8 Å². The third-order valence-electron chi connectivity index (χ3n) is 6.87. The van der Waals surface area contributed by atoms with Crippen LogP contribution in [0.5, 0.6) is 0 Å². The highest BCUT2D eigenvalue weighted by Gasteiger charge is 2.64. The minimum Gasteiger partial charge on any atom is -0.370 e. The molecule has 0 N–H and O–H groups in total. The molecule has 3 atom stereocenters. The Morgan fingerprint density at radius 2 is 1.00 bits per heavy atom. The molecule has 6 heteroatoms.